The summed E-state index contributed by atoms with van der Waals surface area (Å²) in [5, 5.41) is 11.5. The zero-order valence-electron chi connectivity index (χ0n) is 15.7. The molecule has 0 radical (unpaired) electrons. The van der Waals surface area contributed by atoms with Crippen LogP contribution in [0.15, 0.2) is 54.7 Å². The van der Waals surface area contributed by atoms with Gasteiger partial charge in [-0.15, -0.1) is 0 Å². The number of halogens is 2. The summed E-state index contributed by atoms with van der Waals surface area (Å²) < 4.78 is 15.0. The van der Waals surface area contributed by atoms with E-state index in [-0.39, 0.29) is 11.8 Å². The highest BCUT2D eigenvalue weighted by molar-refractivity contribution is 6.33. The topological polar surface area (TPSA) is 62.2 Å². The lowest BCUT2D eigenvalue weighted by molar-refractivity contribution is 0.217. The maximum absolute atomic E-state index is 13.3. The van der Waals surface area contributed by atoms with E-state index in [0.29, 0.717) is 31.2 Å². The number of rotatable bonds is 7. The van der Waals surface area contributed by atoms with E-state index in [1.54, 1.807) is 21.7 Å². The summed E-state index contributed by atoms with van der Waals surface area (Å²) in [5.41, 5.74) is 3.34. The van der Waals surface area contributed by atoms with Crippen molar-refractivity contribution in [3.05, 3.63) is 71.1 Å². The number of aromatic nitrogens is 2. The van der Waals surface area contributed by atoms with Crippen LogP contribution in [0.4, 0.5) is 9.18 Å². The maximum Gasteiger partial charge on any atom is 0.317 e. The van der Waals surface area contributed by atoms with Crippen LogP contribution in [0.3, 0.4) is 0 Å². The van der Waals surface area contributed by atoms with E-state index >= 15 is 0 Å². The summed E-state index contributed by atoms with van der Waals surface area (Å²) in [6.07, 6.45) is 1.92. The van der Waals surface area contributed by atoms with Crippen LogP contribution in [0.2, 0.25) is 5.02 Å². The van der Waals surface area contributed by atoms with Gasteiger partial charge in [0.05, 0.1) is 16.4 Å². The first-order valence-electron chi connectivity index (χ1n) is 9.45. The average molecular weight is 414 g/mol. The number of nitrogens with zero attached hydrogens (tertiary/aromatic N) is 3. The molecule has 1 aliphatic rings. The lowest BCUT2D eigenvalue weighted by Crippen LogP contribution is -2.34. The number of hydrogen-bond acceptors (Lipinski definition) is 3. The Balaban J connectivity index is 1.54. The second-order valence-corrected chi connectivity index (χ2v) is 7.21. The third-order valence-electron chi connectivity index (χ3n) is 4.83. The average Bonchev–Trinajstić information content (AvgIpc) is 3.32. The van der Waals surface area contributed by atoms with Gasteiger partial charge in [-0.1, -0.05) is 29.8 Å². The van der Waals surface area contributed by atoms with Crippen LogP contribution in [0.25, 0.3) is 16.9 Å². The van der Waals surface area contributed by atoms with Gasteiger partial charge in [-0.25, -0.2) is 13.9 Å². The molecule has 0 bridgehead atoms. The largest absolute Gasteiger partial charge is 0.336 e. The predicted octanol–water partition coefficient (Wildman–Crippen LogP) is 3.45. The van der Waals surface area contributed by atoms with Crippen LogP contribution >= 0.6 is 11.6 Å². The van der Waals surface area contributed by atoms with E-state index in [1.165, 1.54) is 12.1 Å². The Hall–Kier alpha value is -2.90. The van der Waals surface area contributed by atoms with E-state index in [9.17, 15) is 9.18 Å². The van der Waals surface area contributed by atoms with Crippen LogP contribution in [0.5, 0.6) is 0 Å². The lowest BCUT2D eigenvalue weighted by Gasteiger charge is -2.14. The van der Waals surface area contributed by atoms with Gasteiger partial charge in [0.25, 0.3) is 0 Å². The van der Waals surface area contributed by atoms with Crippen LogP contribution in [0.1, 0.15) is 5.56 Å². The molecule has 2 aromatic carbocycles. The molecular weight excluding hydrogens is 393 g/mol. The van der Waals surface area contributed by atoms with Gasteiger partial charge < -0.3 is 15.5 Å². The van der Waals surface area contributed by atoms with Gasteiger partial charge in [-0.05, 0) is 30.3 Å². The van der Waals surface area contributed by atoms with Crippen LogP contribution in [0, 0.1) is 5.82 Å². The molecule has 2 amide bonds. The lowest BCUT2D eigenvalue weighted by atomic mass is 10.1. The number of nitrogens with one attached hydrogen (secondary N) is 2. The monoisotopic (exact) mass is 413 g/mol. The summed E-state index contributed by atoms with van der Waals surface area (Å²) in [5.74, 6) is -0.292. The molecule has 1 aromatic heterocycles. The molecule has 4 rings (SSSR count). The molecule has 1 fully saturated rings. The van der Waals surface area contributed by atoms with E-state index in [4.69, 9.17) is 16.7 Å². The number of benzene rings is 2. The Morgan fingerprint density at radius 1 is 1.17 bits per heavy atom. The van der Waals surface area contributed by atoms with Gasteiger partial charge >= 0.3 is 6.03 Å². The van der Waals surface area contributed by atoms with Crippen LogP contribution < -0.4 is 10.6 Å². The first-order chi connectivity index (χ1) is 14.1. The second kappa shape index (κ2) is 8.63. The molecule has 0 saturated carbocycles. The van der Waals surface area contributed by atoms with Gasteiger partial charge in [-0.3, -0.25) is 0 Å². The smallest absolute Gasteiger partial charge is 0.317 e. The summed E-state index contributed by atoms with van der Waals surface area (Å²) in [6.45, 7) is 3.29. The molecule has 1 saturated heterocycles. The van der Waals surface area contributed by atoms with E-state index < -0.39 is 0 Å². The van der Waals surface area contributed by atoms with Crippen molar-refractivity contribution < 1.29 is 9.18 Å². The highest BCUT2D eigenvalue weighted by atomic mass is 35.5. The number of urea groups is 1. The number of amides is 2. The Bertz CT molecular complexity index is 1000. The van der Waals surface area contributed by atoms with Crippen molar-refractivity contribution in [1.82, 2.24) is 25.3 Å². The fraction of sp³-hybridized carbons (Fsp3) is 0.238. The molecule has 3 aromatic rings. The first-order valence-corrected chi connectivity index (χ1v) is 9.82. The molecule has 6 nitrogen and oxygen atoms in total. The minimum atomic E-state index is -0.292. The van der Waals surface area contributed by atoms with Crippen LogP contribution in [-0.2, 0) is 6.54 Å². The molecule has 2 heterocycles. The zero-order valence-corrected chi connectivity index (χ0v) is 16.5. The second-order valence-electron chi connectivity index (χ2n) is 6.80. The Kier molecular flexibility index (Phi) is 5.78. The number of carbonyl (C=O) groups is 1. The molecule has 0 unspecified atom stereocenters. The molecule has 0 aliphatic carbocycles. The summed E-state index contributed by atoms with van der Waals surface area (Å²) in [4.78, 5) is 13.4. The van der Waals surface area contributed by atoms with E-state index in [0.717, 1.165) is 29.1 Å². The number of hydrogen-bond donors (Lipinski definition) is 2. The summed E-state index contributed by atoms with van der Waals surface area (Å²) in [6, 6.07) is 13.7. The van der Waals surface area contributed by atoms with Gasteiger partial charge in [0, 0.05) is 50.0 Å². The van der Waals surface area contributed by atoms with Gasteiger partial charge in [0.1, 0.15) is 5.82 Å². The molecule has 2 N–H and O–H groups in total. The van der Waals surface area contributed by atoms with Gasteiger partial charge in [-0.2, -0.15) is 5.10 Å². The molecule has 29 heavy (non-hydrogen) atoms. The first kappa shape index (κ1) is 19.4. The molecule has 0 spiro atoms. The highest BCUT2D eigenvalue weighted by Gasteiger charge is 2.19. The van der Waals surface area contributed by atoms with Crippen molar-refractivity contribution in [1.29, 1.82) is 0 Å². The third-order valence-corrected chi connectivity index (χ3v) is 5.16. The normalized spacial score (nSPS) is 13.7. The van der Waals surface area contributed by atoms with Crippen molar-refractivity contribution in [2.24, 2.45) is 0 Å². The SMILES string of the molecule is O=C1NCCN1CCNCc1cn(-c2ccc(F)cc2)nc1-c1ccccc1Cl. The van der Waals surface area contributed by atoms with Crippen molar-refractivity contribution in [2.45, 2.75) is 6.54 Å². The molecule has 8 heteroatoms. The summed E-state index contributed by atoms with van der Waals surface area (Å²) >= 11 is 6.40. The Labute approximate surface area is 173 Å². The molecule has 1 aliphatic heterocycles. The van der Waals surface area contributed by atoms with E-state index in [2.05, 4.69) is 10.6 Å². The number of carbonyl (C=O) groups excluding carboxylic acids is 1. The zero-order chi connectivity index (χ0) is 20.2. The fourth-order valence-corrected chi connectivity index (χ4v) is 3.53. The van der Waals surface area contributed by atoms with Crippen LogP contribution in [-0.4, -0.2) is 46.9 Å². The predicted molar refractivity (Wildman–Crippen MR) is 111 cm³/mol. The van der Waals surface area contributed by atoms with Crippen molar-refractivity contribution in [2.75, 3.05) is 26.2 Å². The fourth-order valence-electron chi connectivity index (χ4n) is 3.31. The minimum absolute atomic E-state index is 0.0207. The Morgan fingerprint density at radius 3 is 2.69 bits per heavy atom. The van der Waals surface area contributed by atoms with Gasteiger partial charge in [0.2, 0.25) is 0 Å². The van der Waals surface area contributed by atoms with E-state index in [1.807, 2.05) is 30.5 Å². The summed E-state index contributed by atoms with van der Waals surface area (Å²) in [7, 11) is 0. The Morgan fingerprint density at radius 2 is 1.97 bits per heavy atom. The van der Waals surface area contributed by atoms with Crippen molar-refractivity contribution >= 4 is 17.6 Å². The standard InChI is InChI=1S/C21H21ClFN5O/c22-19-4-2-1-3-18(19)20-15(13-24-9-11-27-12-10-25-21(27)29)14-28(26-20)17-7-5-16(23)6-8-17/h1-8,14,24H,9-13H2,(H,25,29). The van der Waals surface area contributed by atoms with Crippen molar-refractivity contribution in [3.8, 4) is 16.9 Å². The quantitative estimate of drug-likeness (QED) is 0.583. The minimum Gasteiger partial charge on any atom is -0.336 e. The third kappa shape index (κ3) is 4.41. The highest BCUT2D eigenvalue weighted by Crippen LogP contribution is 2.30. The van der Waals surface area contributed by atoms with Gasteiger partial charge in [0.15, 0.2) is 0 Å². The van der Waals surface area contributed by atoms with Crippen molar-refractivity contribution in [3.63, 3.8) is 0 Å². The molecule has 0 atom stereocenters. The molecular formula is C21H21ClFN5O. The maximum atomic E-state index is 13.3. The molecule has 150 valence electrons.